The van der Waals surface area contributed by atoms with Crippen molar-refractivity contribution >= 4 is 22.0 Å². The van der Waals surface area contributed by atoms with E-state index in [4.69, 9.17) is 9.47 Å². The number of nitrogens with one attached hydrogen (secondary N) is 2. The van der Waals surface area contributed by atoms with Gasteiger partial charge in [-0.3, -0.25) is 4.79 Å². The van der Waals surface area contributed by atoms with Crippen LogP contribution in [0.25, 0.3) is 6.08 Å². The highest BCUT2D eigenvalue weighted by molar-refractivity contribution is 7.89. The van der Waals surface area contributed by atoms with E-state index in [9.17, 15) is 13.2 Å². The summed E-state index contributed by atoms with van der Waals surface area (Å²) in [5.41, 5.74) is 0.666. The van der Waals surface area contributed by atoms with Gasteiger partial charge in [0, 0.05) is 18.2 Å². The standard InChI is InChI=1S/C24H32N2O5S/c1-6-15-31-20-13-11-18(16-21(20)30-5)12-14-23(27)25-17-19-9-7-8-10-22(19)32(28,29)26-24(2,3)4/h7-14,16,26H,6,15,17H2,1-5H3,(H,25,27)/b14-12+. The van der Waals surface area contributed by atoms with Gasteiger partial charge in [0.2, 0.25) is 15.9 Å². The molecule has 2 N–H and O–H groups in total. The molecule has 0 heterocycles. The first-order valence-electron chi connectivity index (χ1n) is 10.4. The summed E-state index contributed by atoms with van der Waals surface area (Å²) in [6.45, 7) is 8.02. The molecule has 7 nitrogen and oxygen atoms in total. The third-order valence-electron chi connectivity index (χ3n) is 4.23. The summed E-state index contributed by atoms with van der Waals surface area (Å²) in [5, 5.41) is 2.74. The minimum Gasteiger partial charge on any atom is -0.493 e. The first-order chi connectivity index (χ1) is 15.1. The maximum absolute atomic E-state index is 12.7. The van der Waals surface area contributed by atoms with Crippen LogP contribution in [0.4, 0.5) is 0 Å². The molecule has 0 aliphatic carbocycles. The van der Waals surface area contributed by atoms with Gasteiger partial charge in [-0.25, -0.2) is 13.1 Å². The van der Waals surface area contributed by atoms with E-state index >= 15 is 0 Å². The van der Waals surface area contributed by atoms with Crippen molar-refractivity contribution in [1.82, 2.24) is 10.0 Å². The lowest BCUT2D eigenvalue weighted by molar-refractivity contribution is -0.116. The van der Waals surface area contributed by atoms with Crippen LogP contribution < -0.4 is 19.5 Å². The predicted octanol–water partition coefficient (Wildman–Crippen LogP) is 3.89. The molecule has 1 amide bonds. The molecule has 0 bridgehead atoms. The normalized spacial score (nSPS) is 12.0. The molecular weight excluding hydrogens is 428 g/mol. The third-order valence-corrected chi connectivity index (χ3v) is 6.09. The maximum atomic E-state index is 12.7. The minimum absolute atomic E-state index is 0.0809. The molecule has 0 aliphatic rings. The molecule has 0 unspecified atom stereocenters. The van der Waals surface area contributed by atoms with Gasteiger partial charge in [0.25, 0.3) is 0 Å². The van der Waals surface area contributed by atoms with E-state index in [1.165, 1.54) is 12.1 Å². The Labute approximate surface area is 190 Å². The van der Waals surface area contributed by atoms with Crippen molar-refractivity contribution in [3.8, 4) is 11.5 Å². The number of amides is 1. The van der Waals surface area contributed by atoms with Gasteiger partial charge < -0.3 is 14.8 Å². The Morgan fingerprint density at radius 3 is 2.47 bits per heavy atom. The molecule has 8 heteroatoms. The van der Waals surface area contributed by atoms with E-state index in [-0.39, 0.29) is 17.3 Å². The summed E-state index contributed by atoms with van der Waals surface area (Å²) < 4.78 is 39.1. The molecule has 32 heavy (non-hydrogen) atoms. The van der Waals surface area contributed by atoms with Crippen LogP contribution in [0.1, 0.15) is 45.2 Å². The second-order valence-corrected chi connectivity index (χ2v) is 9.92. The van der Waals surface area contributed by atoms with E-state index in [2.05, 4.69) is 10.0 Å². The van der Waals surface area contributed by atoms with Gasteiger partial charge in [0.05, 0.1) is 18.6 Å². The second kappa shape index (κ2) is 11.2. The van der Waals surface area contributed by atoms with Gasteiger partial charge >= 0.3 is 0 Å². The van der Waals surface area contributed by atoms with Crippen molar-refractivity contribution in [3.63, 3.8) is 0 Å². The summed E-state index contributed by atoms with van der Waals surface area (Å²) in [4.78, 5) is 12.5. The number of carbonyl (C=O) groups is 1. The summed E-state index contributed by atoms with van der Waals surface area (Å²) >= 11 is 0. The monoisotopic (exact) mass is 460 g/mol. The van der Waals surface area contributed by atoms with Gasteiger partial charge in [-0.15, -0.1) is 0 Å². The fourth-order valence-electron chi connectivity index (χ4n) is 2.90. The lowest BCUT2D eigenvalue weighted by atomic mass is 10.1. The summed E-state index contributed by atoms with van der Waals surface area (Å²) in [6, 6.07) is 12.0. The van der Waals surface area contributed by atoms with Crippen LogP contribution in [0.5, 0.6) is 11.5 Å². The topological polar surface area (TPSA) is 93.7 Å². The smallest absolute Gasteiger partial charge is 0.244 e. The summed E-state index contributed by atoms with van der Waals surface area (Å²) in [5.74, 6) is 0.899. The van der Waals surface area contributed by atoms with E-state index in [1.54, 1.807) is 64.3 Å². The van der Waals surface area contributed by atoms with Gasteiger partial charge in [-0.1, -0.05) is 31.2 Å². The minimum atomic E-state index is -3.72. The lowest BCUT2D eigenvalue weighted by Gasteiger charge is -2.21. The largest absolute Gasteiger partial charge is 0.493 e. The molecule has 0 spiro atoms. The van der Waals surface area contributed by atoms with Crippen molar-refractivity contribution in [3.05, 3.63) is 59.7 Å². The number of methoxy groups -OCH3 is 1. The molecule has 0 atom stereocenters. The molecule has 0 aromatic heterocycles. The Morgan fingerprint density at radius 1 is 1.09 bits per heavy atom. The van der Waals surface area contributed by atoms with E-state index < -0.39 is 15.6 Å². The molecule has 174 valence electrons. The van der Waals surface area contributed by atoms with Crippen LogP contribution in [0.2, 0.25) is 0 Å². The fraction of sp³-hybridized carbons (Fsp3) is 0.375. The van der Waals surface area contributed by atoms with Gasteiger partial charge in [-0.05, 0) is 62.6 Å². The zero-order chi connectivity index (χ0) is 23.8. The number of rotatable bonds is 10. The molecule has 0 fully saturated rings. The number of benzene rings is 2. The average Bonchev–Trinajstić information content (AvgIpc) is 2.73. The maximum Gasteiger partial charge on any atom is 0.244 e. The molecule has 2 rings (SSSR count). The van der Waals surface area contributed by atoms with Crippen LogP contribution in [0.3, 0.4) is 0 Å². The quantitative estimate of drug-likeness (QED) is 0.525. The zero-order valence-electron chi connectivity index (χ0n) is 19.3. The van der Waals surface area contributed by atoms with Crippen LogP contribution in [-0.4, -0.2) is 33.6 Å². The highest BCUT2D eigenvalue weighted by Gasteiger charge is 2.24. The molecule has 0 saturated heterocycles. The summed E-state index contributed by atoms with van der Waals surface area (Å²) in [7, 11) is -2.15. The van der Waals surface area contributed by atoms with Crippen molar-refractivity contribution in [1.29, 1.82) is 0 Å². The summed E-state index contributed by atoms with van der Waals surface area (Å²) in [6.07, 6.45) is 3.94. The van der Waals surface area contributed by atoms with Crippen molar-refractivity contribution < 1.29 is 22.7 Å². The Bertz CT molecular complexity index is 1060. The highest BCUT2D eigenvalue weighted by Crippen LogP contribution is 2.28. The number of sulfonamides is 1. The lowest BCUT2D eigenvalue weighted by Crippen LogP contribution is -2.41. The van der Waals surface area contributed by atoms with Crippen molar-refractivity contribution in [2.75, 3.05) is 13.7 Å². The first kappa shape index (κ1) is 25.4. The Balaban J connectivity index is 2.07. The van der Waals surface area contributed by atoms with E-state index in [1.807, 2.05) is 13.0 Å². The SMILES string of the molecule is CCCOc1ccc(/C=C/C(=O)NCc2ccccc2S(=O)(=O)NC(C)(C)C)cc1OC. The highest BCUT2D eigenvalue weighted by atomic mass is 32.2. The third kappa shape index (κ3) is 7.69. The molecule has 0 saturated carbocycles. The fourth-order valence-corrected chi connectivity index (χ4v) is 4.56. The zero-order valence-corrected chi connectivity index (χ0v) is 20.1. The van der Waals surface area contributed by atoms with Crippen LogP contribution in [0, 0.1) is 0 Å². The predicted molar refractivity (Wildman–Crippen MR) is 126 cm³/mol. The van der Waals surface area contributed by atoms with Crippen LogP contribution in [0.15, 0.2) is 53.4 Å². The molecule has 0 radical (unpaired) electrons. The van der Waals surface area contributed by atoms with Crippen LogP contribution >= 0.6 is 0 Å². The molecule has 0 aliphatic heterocycles. The molecule has 2 aromatic rings. The number of hydrogen-bond donors (Lipinski definition) is 2. The van der Waals surface area contributed by atoms with Gasteiger partial charge in [-0.2, -0.15) is 0 Å². The van der Waals surface area contributed by atoms with Gasteiger partial charge in [0.1, 0.15) is 0 Å². The Hall–Kier alpha value is -2.84. The first-order valence-corrected chi connectivity index (χ1v) is 11.9. The Kier molecular flexibility index (Phi) is 8.86. The number of hydrogen-bond acceptors (Lipinski definition) is 5. The van der Waals surface area contributed by atoms with E-state index in [0.29, 0.717) is 23.7 Å². The van der Waals surface area contributed by atoms with Crippen LogP contribution in [-0.2, 0) is 21.4 Å². The average molecular weight is 461 g/mol. The van der Waals surface area contributed by atoms with Crippen molar-refractivity contribution in [2.24, 2.45) is 0 Å². The number of carbonyl (C=O) groups excluding carboxylic acids is 1. The van der Waals surface area contributed by atoms with Crippen molar-refractivity contribution in [2.45, 2.75) is 51.1 Å². The molecule has 2 aromatic carbocycles. The van der Waals surface area contributed by atoms with Gasteiger partial charge in [0.15, 0.2) is 11.5 Å². The molecular formula is C24H32N2O5S. The number of ether oxygens (including phenoxy) is 2. The van der Waals surface area contributed by atoms with E-state index in [0.717, 1.165) is 12.0 Å². The second-order valence-electron chi connectivity index (χ2n) is 8.27. The Morgan fingerprint density at radius 2 is 1.81 bits per heavy atom.